The number of amides is 1. The highest BCUT2D eigenvalue weighted by Gasteiger charge is 2.30. The summed E-state index contributed by atoms with van der Waals surface area (Å²) in [6, 6.07) is 9.53. The molecule has 2 nitrogen and oxygen atoms in total. The lowest BCUT2D eigenvalue weighted by Crippen LogP contribution is -2.44. The van der Waals surface area contributed by atoms with Crippen molar-refractivity contribution in [1.29, 1.82) is 0 Å². The van der Waals surface area contributed by atoms with E-state index in [0.717, 1.165) is 12.0 Å². The summed E-state index contributed by atoms with van der Waals surface area (Å²) >= 11 is 0. The van der Waals surface area contributed by atoms with E-state index in [0.29, 0.717) is 0 Å². The van der Waals surface area contributed by atoms with Gasteiger partial charge in [-0.2, -0.15) is 0 Å². The molecule has 0 aliphatic rings. The number of carbonyl (C=O) groups excluding carboxylic acids is 1. The summed E-state index contributed by atoms with van der Waals surface area (Å²) in [5.41, 5.74) is 0.426. The van der Waals surface area contributed by atoms with Gasteiger partial charge < -0.3 is 5.32 Å². The molecule has 1 aromatic rings. The number of terminal acetylenes is 1. The van der Waals surface area contributed by atoms with Crippen LogP contribution >= 0.6 is 0 Å². The van der Waals surface area contributed by atoms with Crippen molar-refractivity contribution in [1.82, 2.24) is 5.32 Å². The maximum Gasteiger partial charge on any atom is 0.231 e. The second kappa shape index (κ2) is 5.54. The first-order valence-corrected chi connectivity index (χ1v) is 5.85. The fourth-order valence-corrected chi connectivity index (χ4v) is 1.59. The van der Waals surface area contributed by atoms with E-state index >= 15 is 0 Å². The maximum absolute atomic E-state index is 12.2. The normalized spacial score (nSPS) is 12.6. The van der Waals surface area contributed by atoms with Gasteiger partial charge in [0.1, 0.15) is 0 Å². The van der Waals surface area contributed by atoms with Gasteiger partial charge in [0.2, 0.25) is 5.91 Å². The largest absolute Gasteiger partial charge is 0.342 e. The summed E-state index contributed by atoms with van der Waals surface area (Å²) in [4.78, 5) is 12.2. The highest BCUT2D eigenvalue weighted by atomic mass is 16.2. The van der Waals surface area contributed by atoms with Gasteiger partial charge >= 0.3 is 0 Å². The third-order valence-electron chi connectivity index (χ3n) is 2.98. The molecule has 1 aromatic carbocycles. The zero-order chi connectivity index (χ0) is 12.9. The van der Waals surface area contributed by atoms with Gasteiger partial charge in [0, 0.05) is 0 Å². The second-order valence-electron chi connectivity index (χ2n) is 4.59. The molecule has 0 aromatic heterocycles. The van der Waals surface area contributed by atoms with E-state index in [1.807, 2.05) is 51.1 Å². The summed E-state index contributed by atoms with van der Waals surface area (Å²) < 4.78 is 0. The molecule has 1 N–H and O–H groups in total. The predicted molar refractivity (Wildman–Crippen MR) is 70.5 cm³/mol. The van der Waals surface area contributed by atoms with Crippen molar-refractivity contribution in [2.75, 3.05) is 0 Å². The summed E-state index contributed by atoms with van der Waals surface area (Å²) in [5.74, 6) is 2.54. The molecule has 17 heavy (non-hydrogen) atoms. The molecule has 0 aliphatic carbocycles. The van der Waals surface area contributed by atoms with Crippen LogP contribution in [-0.2, 0) is 10.2 Å². The van der Waals surface area contributed by atoms with E-state index in [-0.39, 0.29) is 11.9 Å². The molecule has 0 fully saturated rings. The van der Waals surface area contributed by atoms with E-state index in [1.165, 1.54) is 0 Å². The van der Waals surface area contributed by atoms with Crippen molar-refractivity contribution in [3.63, 3.8) is 0 Å². The SMILES string of the molecule is C#CC(CC)NC(=O)C(C)(C)c1ccccc1. The molecule has 1 rings (SSSR count). The molecule has 1 atom stereocenters. The van der Waals surface area contributed by atoms with Gasteiger partial charge in [0.25, 0.3) is 0 Å². The minimum atomic E-state index is -0.564. The lowest BCUT2D eigenvalue weighted by Gasteiger charge is -2.25. The van der Waals surface area contributed by atoms with Crippen molar-refractivity contribution in [2.24, 2.45) is 0 Å². The van der Waals surface area contributed by atoms with E-state index in [4.69, 9.17) is 6.42 Å². The Kier molecular flexibility index (Phi) is 4.34. The van der Waals surface area contributed by atoms with Gasteiger partial charge in [0.15, 0.2) is 0 Å². The third kappa shape index (κ3) is 3.10. The van der Waals surface area contributed by atoms with Gasteiger partial charge in [-0.25, -0.2) is 0 Å². The van der Waals surface area contributed by atoms with Gasteiger partial charge in [-0.15, -0.1) is 6.42 Å². The van der Waals surface area contributed by atoms with Gasteiger partial charge in [-0.1, -0.05) is 43.2 Å². The van der Waals surface area contributed by atoms with Gasteiger partial charge in [-0.3, -0.25) is 4.79 Å². The number of hydrogen-bond acceptors (Lipinski definition) is 1. The molecule has 0 aliphatic heterocycles. The molecule has 1 amide bonds. The van der Waals surface area contributed by atoms with Gasteiger partial charge in [-0.05, 0) is 25.8 Å². The average molecular weight is 229 g/mol. The number of benzene rings is 1. The molecule has 0 saturated carbocycles. The highest BCUT2D eigenvalue weighted by molar-refractivity contribution is 5.87. The standard InChI is InChI=1S/C15H19NO/c1-5-13(6-2)16-14(17)15(3,4)12-10-8-7-9-11-12/h1,7-11,13H,6H2,2-4H3,(H,16,17). The summed E-state index contributed by atoms with van der Waals surface area (Å²) in [7, 11) is 0. The van der Waals surface area contributed by atoms with Crippen molar-refractivity contribution >= 4 is 5.91 Å². The number of hydrogen-bond donors (Lipinski definition) is 1. The van der Waals surface area contributed by atoms with Crippen LogP contribution in [-0.4, -0.2) is 11.9 Å². The molecule has 0 saturated heterocycles. The molecule has 0 spiro atoms. The monoisotopic (exact) mass is 229 g/mol. The Morgan fingerprint density at radius 2 is 2.00 bits per heavy atom. The molecule has 2 heteroatoms. The van der Waals surface area contributed by atoms with Crippen LogP contribution in [0.5, 0.6) is 0 Å². The van der Waals surface area contributed by atoms with Crippen LogP contribution in [0.4, 0.5) is 0 Å². The first kappa shape index (κ1) is 13.3. The fraction of sp³-hybridized carbons (Fsp3) is 0.400. The average Bonchev–Trinajstić information content (AvgIpc) is 2.36. The van der Waals surface area contributed by atoms with Crippen molar-refractivity contribution in [3.05, 3.63) is 35.9 Å². The van der Waals surface area contributed by atoms with E-state index in [2.05, 4.69) is 11.2 Å². The van der Waals surface area contributed by atoms with E-state index in [9.17, 15) is 4.79 Å². The Morgan fingerprint density at radius 3 is 2.47 bits per heavy atom. The Balaban J connectivity index is 2.85. The van der Waals surface area contributed by atoms with E-state index < -0.39 is 5.41 Å². The second-order valence-corrected chi connectivity index (χ2v) is 4.59. The molecule has 1 unspecified atom stereocenters. The zero-order valence-corrected chi connectivity index (χ0v) is 10.7. The van der Waals surface area contributed by atoms with Crippen LogP contribution in [0.2, 0.25) is 0 Å². The highest BCUT2D eigenvalue weighted by Crippen LogP contribution is 2.23. The maximum atomic E-state index is 12.2. The Morgan fingerprint density at radius 1 is 1.41 bits per heavy atom. The van der Waals surface area contributed by atoms with E-state index in [1.54, 1.807) is 0 Å². The number of nitrogens with one attached hydrogen (secondary N) is 1. The van der Waals surface area contributed by atoms with Crippen LogP contribution in [0.1, 0.15) is 32.8 Å². The summed E-state index contributed by atoms with van der Waals surface area (Å²) in [6.45, 7) is 5.77. The van der Waals surface area contributed by atoms with Crippen molar-refractivity contribution < 1.29 is 4.79 Å². The van der Waals surface area contributed by atoms with Gasteiger partial charge in [0.05, 0.1) is 11.5 Å². The third-order valence-corrected chi connectivity index (χ3v) is 2.98. The predicted octanol–water partition coefficient (Wildman–Crippen LogP) is 2.49. The summed E-state index contributed by atoms with van der Waals surface area (Å²) in [6.07, 6.45) is 6.09. The van der Waals surface area contributed by atoms with Crippen LogP contribution in [0.25, 0.3) is 0 Å². The fourth-order valence-electron chi connectivity index (χ4n) is 1.59. The van der Waals surface area contributed by atoms with Crippen molar-refractivity contribution in [2.45, 2.75) is 38.6 Å². The smallest absolute Gasteiger partial charge is 0.231 e. The molecule has 90 valence electrons. The van der Waals surface area contributed by atoms with Crippen LogP contribution in [0.3, 0.4) is 0 Å². The molecule has 0 heterocycles. The Labute approximate surface area is 103 Å². The Hall–Kier alpha value is -1.75. The number of rotatable bonds is 4. The quantitative estimate of drug-likeness (QED) is 0.790. The lowest BCUT2D eigenvalue weighted by atomic mass is 9.83. The first-order chi connectivity index (χ1) is 8.02. The van der Waals surface area contributed by atoms with Crippen LogP contribution < -0.4 is 5.32 Å². The molecule has 0 bridgehead atoms. The number of carbonyl (C=O) groups is 1. The minimum Gasteiger partial charge on any atom is -0.342 e. The molecular formula is C15H19NO. The van der Waals surface area contributed by atoms with Crippen molar-refractivity contribution in [3.8, 4) is 12.3 Å². The Bertz CT molecular complexity index is 414. The van der Waals surface area contributed by atoms with Crippen LogP contribution in [0, 0.1) is 12.3 Å². The topological polar surface area (TPSA) is 29.1 Å². The van der Waals surface area contributed by atoms with Crippen LogP contribution in [0.15, 0.2) is 30.3 Å². The molecule has 0 radical (unpaired) electrons. The minimum absolute atomic E-state index is 0.0338. The zero-order valence-electron chi connectivity index (χ0n) is 10.7. The first-order valence-electron chi connectivity index (χ1n) is 5.85. The molecular weight excluding hydrogens is 210 g/mol. The lowest BCUT2D eigenvalue weighted by molar-refractivity contribution is -0.126. The summed E-state index contributed by atoms with van der Waals surface area (Å²) in [5, 5.41) is 2.88.